The largest absolute Gasteiger partial charge is 0.456 e. The summed E-state index contributed by atoms with van der Waals surface area (Å²) in [5.41, 5.74) is 9.38. The van der Waals surface area contributed by atoms with Gasteiger partial charge in [0.05, 0.1) is 0 Å². The van der Waals surface area contributed by atoms with E-state index in [0.29, 0.717) is 5.84 Å². The van der Waals surface area contributed by atoms with Gasteiger partial charge in [-0.1, -0.05) is 152 Å². The number of aliphatic imine (C=N–C) groups is 2. The first-order valence-electron chi connectivity index (χ1n) is 17.3. The van der Waals surface area contributed by atoms with Gasteiger partial charge in [-0.15, -0.1) is 0 Å². The summed E-state index contributed by atoms with van der Waals surface area (Å²) in [7, 11) is 0. The summed E-state index contributed by atoms with van der Waals surface area (Å²) in [5.74, 6) is 1.46. The Morgan fingerprint density at radius 1 is 0.451 bits per heavy atom. The van der Waals surface area contributed by atoms with Gasteiger partial charge in [0, 0.05) is 21.9 Å². The van der Waals surface area contributed by atoms with Crippen molar-refractivity contribution in [2.24, 2.45) is 9.98 Å². The fraction of sp³-hybridized carbons (Fsp3) is 0.0213. The standard InChI is InChI=1S/C47H31N3O/c1-2-12-34(13-3-1)45-48-46(37-25-22-30-10-4-5-14-35(30)28-37)50-47(49-45)41-18-9-19-42-44(41)40-27-26-36(29-43(40)51-42)31-20-23-33(24-21-31)39-17-8-15-32-11-6-7-16-38(32)39/h1-29,45H,(H,48,49,50). The number of rotatable bonds is 5. The quantitative estimate of drug-likeness (QED) is 0.201. The maximum atomic E-state index is 6.55. The molecule has 4 heteroatoms. The average Bonchev–Trinajstić information content (AvgIpc) is 3.59. The van der Waals surface area contributed by atoms with Crippen LogP contribution in [0.25, 0.3) is 65.7 Å². The van der Waals surface area contributed by atoms with E-state index in [2.05, 4.69) is 151 Å². The lowest BCUT2D eigenvalue weighted by Gasteiger charge is -2.24. The van der Waals surface area contributed by atoms with Gasteiger partial charge in [0.25, 0.3) is 0 Å². The molecule has 0 saturated carbocycles. The highest BCUT2D eigenvalue weighted by Gasteiger charge is 2.24. The number of hydrogen-bond donors (Lipinski definition) is 1. The van der Waals surface area contributed by atoms with E-state index >= 15 is 0 Å². The summed E-state index contributed by atoms with van der Waals surface area (Å²) < 4.78 is 6.55. The van der Waals surface area contributed by atoms with E-state index in [4.69, 9.17) is 14.4 Å². The lowest BCUT2D eigenvalue weighted by molar-refractivity contribution is 0.668. The molecule has 0 radical (unpaired) electrons. The van der Waals surface area contributed by atoms with Crippen LogP contribution in [-0.2, 0) is 0 Å². The normalized spacial score (nSPS) is 14.5. The number of nitrogens with one attached hydrogen (secondary N) is 1. The van der Waals surface area contributed by atoms with Crippen molar-refractivity contribution in [1.29, 1.82) is 0 Å². The van der Waals surface area contributed by atoms with Gasteiger partial charge in [-0.3, -0.25) is 0 Å². The smallest absolute Gasteiger partial charge is 0.159 e. The second kappa shape index (κ2) is 12.0. The fourth-order valence-electron chi connectivity index (χ4n) is 7.37. The first-order chi connectivity index (χ1) is 25.2. The molecule has 0 bridgehead atoms. The van der Waals surface area contributed by atoms with Gasteiger partial charge < -0.3 is 9.73 Å². The minimum atomic E-state index is -0.294. The Morgan fingerprint density at radius 2 is 1.14 bits per heavy atom. The van der Waals surface area contributed by atoms with Crippen molar-refractivity contribution in [3.05, 3.63) is 193 Å². The molecule has 0 fully saturated rings. The molecule has 1 unspecified atom stereocenters. The van der Waals surface area contributed by atoms with Gasteiger partial charge in [0.1, 0.15) is 23.2 Å². The van der Waals surface area contributed by atoms with Crippen molar-refractivity contribution in [1.82, 2.24) is 5.32 Å². The number of amidine groups is 2. The van der Waals surface area contributed by atoms with Crippen LogP contribution in [0.5, 0.6) is 0 Å². The molecule has 240 valence electrons. The van der Waals surface area contributed by atoms with Crippen LogP contribution in [0.15, 0.2) is 190 Å². The van der Waals surface area contributed by atoms with Gasteiger partial charge in [0.15, 0.2) is 5.84 Å². The molecular weight excluding hydrogens is 623 g/mol. The molecule has 1 N–H and O–H groups in total. The Labute approximate surface area is 295 Å². The summed E-state index contributed by atoms with van der Waals surface area (Å²) in [5, 5.41) is 10.6. The topological polar surface area (TPSA) is 49.9 Å². The van der Waals surface area contributed by atoms with Crippen molar-refractivity contribution >= 4 is 55.2 Å². The second-order valence-corrected chi connectivity index (χ2v) is 13.0. The van der Waals surface area contributed by atoms with Crippen LogP contribution in [0, 0.1) is 0 Å². The van der Waals surface area contributed by atoms with Gasteiger partial charge in [-0.05, 0) is 73.6 Å². The fourth-order valence-corrected chi connectivity index (χ4v) is 7.37. The van der Waals surface area contributed by atoms with Crippen LogP contribution in [0.1, 0.15) is 22.9 Å². The molecule has 10 rings (SSSR count). The third-order valence-corrected chi connectivity index (χ3v) is 9.94. The SMILES string of the molecule is c1ccc(C2N=C(c3ccc4ccccc4c3)N=C(c3cccc4oc5cc(-c6ccc(-c7cccc8ccccc78)cc6)ccc5c34)N2)cc1. The van der Waals surface area contributed by atoms with Crippen LogP contribution in [0.3, 0.4) is 0 Å². The highest BCUT2D eigenvalue weighted by atomic mass is 16.3. The van der Waals surface area contributed by atoms with E-state index in [1.807, 2.05) is 30.3 Å². The first kappa shape index (κ1) is 29.2. The molecule has 0 aliphatic carbocycles. The minimum absolute atomic E-state index is 0.294. The molecule has 0 spiro atoms. The van der Waals surface area contributed by atoms with E-state index < -0.39 is 0 Å². The Morgan fingerprint density at radius 3 is 2.02 bits per heavy atom. The molecule has 8 aromatic carbocycles. The van der Waals surface area contributed by atoms with Crippen LogP contribution in [0.4, 0.5) is 0 Å². The van der Waals surface area contributed by atoms with Crippen molar-refractivity contribution in [2.45, 2.75) is 6.17 Å². The Balaban J connectivity index is 1.05. The summed E-state index contributed by atoms with van der Waals surface area (Å²) in [6.45, 7) is 0. The van der Waals surface area contributed by atoms with Crippen LogP contribution in [-0.4, -0.2) is 11.7 Å². The Hall–Kier alpha value is -6.78. The highest BCUT2D eigenvalue weighted by Crippen LogP contribution is 2.36. The number of hydrogen-bond acceptors (Lipinski definition) is 4. The maximum absolute atomic E-state index is 6.55. The zero-order valence-electron chi connectivity index (χ0n) is 27.6. The minimum Gasteiger partial charge on any atom is -0.456 e. The molecule has 1 atom stereocenters. The first-order valence-corrected chi connectivity index (χ1v) is 17.3. The van der Waals surface area contributed by atoms with E-state index in [1.165, 1.54) is 27.3 Å². The average molecular weight is 654 g/mol. The van der Waals surface area contributed by atoms with E-state index in [1.54, 1.807) is 0 Å². The highest BCUT2D eigenvalue weighted by molar-refractivity contribution is 6.22. The van der Waals surface area contributed by atoms with E-state index in [0.717, 1.165) is 61.0 Å². The monoisotopic (exact) mass is 653 g/mol. The van der Waals surface area contributed by atoms with Crippen LogP contribution < -0.4 is 5.32 Å². The van der Waals surface area contributed by atoms with Gasteiger partial charge >= 0.3 is 0 Å². The Kier molecular flexibility index (Phi) is 6.85. The molecule has 1 aliphatic rings. The zero-order chi connectivity index (χ0) is 33.7. The van der Waals surface area contributed by atoms with Crippen molar-refractivity contribution in [3.8, 4) is 22.3 Å². The van der Waals surface area contributed by atoms with E-state index in [-0.39, 0.29) is 6.17 Å². The Bertz CT molecular complexity index is 2820. The van der Waals surface area contributed by atoms with Crippen molar-refractivity contribution in [3.63, 3.8) is 0 Å². The predicted molar refractivity (Wildman–Crippen MR) is 211 cm³/mol. The van der Waals surface area contributed by atoms with Gasteiger partial charge in [-0.2, -0.15) is 0 Å². The summed E-state index contributed by atoms with van der Waals surface area (Å²) in [6.07, 6.45) is -0.294. The molecule has 2 heterocycles. The van der Waals surface area contributed by atoms with Gasteiger partial charge in [-0.25, -0.2) is 9.98 Å². The molecule has 9 aromatic rings. The van der Waals surface area contributed by atoms with Crippen molar-refractivity contribution in [2.75, 3.05) is 0 Å². The van der Waals surface area contributed by atoms with E-state index in [9.17, 15) is 0 Å². The zero-order valence-corrected chi connectivity index (χ0v) is 27.6. The summed E-state index contributed by atoms with van der Waals surface area (Å²) >= 11 is 0. The van der Waals surface area contributed by atoms with Crippen molar-refractivity contribution < 1.29 is 4.42 Å². The molecular formula is C47H31N3O. The number of benzene rings is 8. The third kappa shape index (κ3) is 5.17. The van der Waals surface area contributed by atoms with Crippen LogP contribution >= 0.6 is 0 Å². The number of nitrogens with zero attached hydrogens (tertiary/aromatic N) is 2. The third-order valence-electron chi connectivity index (χ3n) is 9.94. The van der Waals surface area contributed by atoms with Gasteiger partial charge in [0.2, 0.25) is 0 Å². The molecule has 0 amide bonds. The maximum Gasteiger partial charge on any atom is 0.159 e. The molecule has 1 aromatic heterocycles. The molecule has 1 aliphatic heterocycles. The predicted octanol–water partition coefficient (Wildman–Crippen LogP) is 11.7. The second-order valence-electron chi connectivity index (χ2n) is 13.0. The molecule has 0 saturated heterocycles. The number of furan rings is 1. The lowest BCUT2D eigenvalue weighted by Crippen LogP contribution is -2.33. The lowest BCUT2D eigenvalue weighted by atomic mass is 9.96. The van der Waals surface area contributed by atoms with Crippen LogP contribution in [0.2, 0.25) is 0 Å². The summed E-state index contributed by atoms with van der Waals surface area (Å²) in [4.78, 5) is 10.3. The summed E-state index contributed by atoms with van der Waals surface area (Å²) in [6, 6.07) is 61.7. The molecule has 4 nitrogen and oxygen atoms in total. The molecule has 51 heavy (non-hydrogen) atoms. The number of fused-ring (bicyclic) bond motifs is 5.